The molecule has 24 heavy (non-hydrogen) atoms. The largest absolute Gasteiger partial charge is 0.487 e. The van der Waals surface area contributed by atoms with Gasteiger partial charge in [0, 0.05) is 44.0 Å². The second kappa shape index (κ2) is 5.92. The van der Waals surface area contributed by atoms with E-state index in [1.807, 2.05) is 20.8 Å². The third kappa shape index (κ3) is 3.48. The molecule has 1 aromatic rings. The van der Waals surface area contributed by atoms with Crippen LogP contribution in [-0.4, -0.2) is 40.4 Å². The van der Waals surface area contributed by atoms with Gasteiger partial charge in [-0.05, 0) is 32.9 Å². The molecule has 1 spiro atoms. The Morgan fingerprint density at radius 1 is 1.38 bits per heavy atom. The van der Waals surface area contributed by atoms with E-state index in [1.54, 1.807) is 11.0 Å². The van der Waals surface area contributed by atoms with Crippen molar-refractivity contribution in [2.75, 3.05) is 13.1 Å². The van der Waals surface area contributed by atoms with Crippen molar-refractivity contribution in [1.29, 1.82) is 0 Å². The lowest BCUT2D eigenvalue weighted by Gasteiger charge is -2.45. The van der Waals surface area contributed by atoms with Crippen LogP contribution in [0.4, 0.5) is 9.18 Å². The van der Waals surface area contributed by atoms with Crippen LogP contribution in [0.25, 0.3) is 0 Å². The average Bonchev–Trinajstić information content (AvgIpc) is 2.45. The summed E-state index contributed by atoms with van der Waals surface area (Å²) in [6.07, 6.45) is 0.606. The number of fused-ring (bicyclic) bond motifs is 1. The number of amides is 1. The number of hydrogen-bond donors (Lipinski definition) is 1. The molecular formula is C18H24FNO4. The molecule has 6 heteroatoms. The summed E-state index contributed by atoms with van der Waals surface area (Å²) in [5.74, 6) is 0.0173. The van der Waals surface area contributed by atoms with E-state index in [0.29, 0.717) is 43.7 Å². The third-order valence-corrected chi connectivity index (χ3v) is 4.55. The number of likely N-dealkylation sites (tertiary alicyclic amines) is 1. The van der Waals surface area contributed by atoms with Gasteiger partial charge in [-0.3, -0.25) is 0 Å². The minimum Gasteiger partial charge on any atom is -0.487 e. The lowest BCUT2D eigenvalue weighted by Crippen LogP contribution is -2.52. The number of nitrogens with zero attached hydrogens (tertiary/aromatic N) is 1. The number of piperidine rings is 1. The maximum atomic E-state index is 13.5. The van der Waals surface area contributed by atoms with Gasteiger partial charge >= 0.3 is 6.09 Å². The zero-order valence-corrected chi connectivity index (χ0v) is 14.3. The van der Waals surface area contributed by atoms with Gasteiger partial charge in [0.25, 0.3) is 0 Å². The monoisotopic (exact) mass is 337 g/mol. The lowest BCUT2D eigenvalue weighted by molar-refractivity contribution is -0.0571. The Morgan fingerprint density at radius 3 is 2.67 bits per heavy atom. The molecule has 2 heterocycles. The Kier molecular flexibility index (Phi) is 4.20. The van der Waals surface area contributed by atoms with Crippen molar-refractivity contribution in [3.05, 3.63) is 29.6 Å². The van der Waals surface area contributed by atoms with Crippen molar-refractivity contribution < 1.29 is 23.8 Å². The highest BCUT2D eigenvalue weighted by Gasteiger charge is 2.44. The number of benzene rings is 1. The van der Waals surface area contributed by atoms with Gasteiger partial charge < -0.3 is 19.5 Å². The molecule has 1 N–H and O–H groups in total. The van der Waals surface area contributed by atoms with Gasteiger partial charge in [-0.2, -0.15) is 0 Å². The molecule has 0 saturated carbocycles. The summed E-state index contributed by atoms with van der Waals surface area (Å²) in [5.41, 5.74) is -0.463. The Bertz CT molecular complexity index is 632. The number of hydrogen-bond acceptors (Lipinski definition) is 4. The number of carbonyl (C=O) groups excluding carboxylic acids is 1. The van der Waals surface area contributed by atoms with Crippen LogP contribution in [0.2, 0.25) is 0 Å². The van der Waals surface area contributed by atoms with E-state index in [0.717, 1.165) is 0 Å². The summed E-state index contributed by atoms with van der Waals surface area (Å²) in [6.45, 7) is 6.49. The molecule has 0 aromatic heterocycles. The Morgan fingerprint density at radius 2 is 2.04 bits per heavy atom. The molecule has 0 aliphatic carbocycles. The standard InChI is InChI=1S/C18H24FNO4/c1-17(2,3)24-16(22)20-8-6-18(7-9-20)11-14(21)13-5-4-12(19)10-15(13)23-18/h4-5,10,14,21H,6-9,11H2,1-3H3. The van der Waals surface area contributed by atoms with E-state index in [9.17, 15) is 14.3 Å². The number of ether oxygens (including phenoxy) is 2. The zero-order valence-electron chi connectivity index (χ0n) is 14.3. The second-order valence-electron chi connectivity index (χ2n) is 7.65. The predicted octanol–water partition coefficient (Wildman–Crippen LogP) is 3.41. The summed E-state index contributed by atoms with van der Waals surface area (Å²) >= 11 is 0. The molecular weight excluding hydrogens is 313 g/mol. The Hall–Kier alpha value is -1.82. The van der Waals surface area contributed by atoms with Gasteiger partial charge in [-0.15, -0.1) is 0 Å². The van der Waals surface area contributed by atoms with Crippen molar-refractivity contribution in [2.45, 2.75) is 57.3 Å². The fourth-order valence-corrected chi connectivity index (χ4v) is 3.34. The average molecular weight is 337 g/mol. The minimum atomic E-state index is -0.678. The van der Waals surface area contributed by atoms with E-state index >= 15 is 0 Å². The van der Waals surface area contributed by atoms with Crippen LogP contribution in [-0.2, 0) is 4.74 Å². The molecule has 0 radical (unpaired) electrons. The maximum absolute atomic E-state index is 13.5. The van der Waals surface area contributed by atoms with Gasteiger partial charge in [0.15, 0.2) is 0 Å². The van der Waals surface area contributed by atoms with Crippen LogP contribution in [0, 0.1) is 5.82 Å². The molecule has 1 unspecified atom stereocenters. The van der Waals surface area contributed by atoms with Crippen molar-refractivity contribution in [2.24, 2.45) is 0 Å². The molecule has 3 rings (SSSR count). The number of aliphatic hydroxyl groups excluding tert-OH is 1. The maximum Gasteiger partial charge on any atom is 0.410 e. The van der Waals surface area contributed by atoms with Gasteiger partial charge in [-0.1, -0.05) is 0 Å². The van der Waals surface area contributed by atoms with E-state index < -0.39 is 17.3 Å². The first-order valence-corrected chi connectivity index (χ1v) is 8.32. The van der Waals surface area contributed by atoms with E-state index in [-0.39, 0.29) is 11.9 Å². The SMILES string of the molecule is CC(C)(C)OC(=O)N1CCC2(CC1)CC(O)c1ccc(F)cc1O2. The van der Waals surface area contributed by atoms with Crippen LogP contribution < -0.4 is 4.74 Å². The van der Waals surface area contributed by atoms with Crippen LogP contribution in [0.15, 0.2) is 18.2 Å². The molecule has 1 atom stereocenters. The number of halogens is 1. The van der Waals surface area contributed by atoms with E-state index in [2.05, 4.69) is 0 Å². The molecule has 1 amide bonds. The fourth-order valence-electron chi connectivity index (χ4n) is 3.34. The first-order valence-electron chi connectivity index (χ1n) is 8.32. The molecule has 1 aromatic carbocycles. The summed E-state index contributed by atoms with van der Waals surface area (Å²) in [7, 11) is 0. The van der Waals surface area contributed by atoms with E-state index in [1.165, 1.54) is 12.1 Å². The zero-order chi connectivity index (χ0) is 17.5. The third-order valence-electron chi connectivity index (χ3n) is 4.55. The van der Waals surface area contributed by atoms with Crippen molar-refractivity contribution in [3.63, 3.8) is 0 Å². The summed E-state index contributed by atoms with van der Waals surface area (Å²) < 4.78 is 24.9. The highest BCUT2D eigenvalue weighted by Crippen LogP contribution is 2.44. The highest BCUT2D eigenvalue weighted by atomic mass is 19.1. The second-order valence-corrected chi connectivity index (χ2v) is 7.65. The molecule has 1 fully saturated rings. The van der Waals surface area contributed by atoms with Gasteiger partial charge in [-0.25, -0.2) is 9.18 Å². The quantitative estimate of drug-likeness (QED) is 0.788. The summed E-state index contributed by atoms with van der Waals surface area (Å²) in [4.78, 5) is 13.8. The predicted molar refractivity (Wildman–Crippen MR) is 86.4 cm³/mol. The van der Waals surface area contributed by atoms with Crippen LogP contribution in [0.5, 0.6) is 5.75 Å². The topological polar surface area (TPSA) is 59.0 Å². The number of aliphatic hydroxyl groups is 1. The first-order chi connectivity index (χ1) is 11.2. The highest BCUT2D eigenvalue weighted by molar-refractivity contribution is 5.68. The van der Waals surface area contributed by atoms with Gasteiger partial charge in [0.1, 0.15) is 22.8 Å². The molecule has 132 valence electrons. The molecule has 0 bridgehead atoms. The normalized spacial score (nSPS) is 22.7. The Balaban J connectivity index is 1.69. The summed E-state index contributed by atoms with van der Waals surface area (Å²) in [5, 5.41) is 10.4. The smallest absolute Gasteiger partial charge is 0.410 e. The van der Waals surface area contributed by atoms with Crippen LogP contribution >= 0.6 is 0 Å². The minimum absolute atomic E-state index is 0.333. The lowest BCUT2D eigenvalue weighted by atomic mass is 9.82. The van der Waals surface area contributed by atoms with E-state index in [4.69, 9.17) is 9.47 Å². The van der Waals surface area contributed by atoms with Crippen LogP contribution in [0.3, 0.4) is 0 Å². The van der Waals surface area contributed by atoms with Crippen LogP contribution in [0.1, 0.15) is 51.7 Å². The molecule has 1 saturated heterocycles. The molecule has 2 aliphatic heterocycles. The summed E-state index contributed by atoms with van der Waals surface area (Å²) in [6, 6.07) is 4.21. The fraction of sp³-hybridized carbons (Fsp3) is 0.611. The molecule has 5 nitrogen and oxygen atoms in total. The van der Waals surface area contributed by atoms with Crippen molar-refractivity contribution in [3.8, 4) is 5.75 Å². The Labute approximate surface area is 141 Å². The van der Waals surface area contributed by atoms with Gasteiger partial charge in [0.2, 0.25) is 0 Å². The molecule has 2 aliphatic rings. The van der Waals surface area contributed by atoms with Gasteiger partial charge in [0.05, 0.1) is 6.10 Å². The number of carbonyl (C=O) groups is 1. The number of rotatable bonds is 0. The first kappa shape index (κ1) is 17.0. The van der Waals surface area contributed by atoms with Crippen molar-refractivity contribution >= 4 is 6.09 Å². The van der Waals surface area contributed by atoms with Crippen molar-refractivity contribution in [1.82, 2.24) is 4.90 Å².